The second-order valence-electron chi connectivity index (χ2n) is 13.5. The number of nitrogens with zero attached hydrogens (tertiary/aromatic N) is 6. The average molecular weight is 694 g/mol. The number of aromatic nitrogens is 2. The van der Waals surface area contributed by atoms with E-state index in [1.807, 2.05) is 18.0 Å². The molecule has 2 aromatic heterocycles. The van der Waals surface area contributed by atoms with Crippen LogP contribution in [0.1, 0.15) is 44.1 Å². The van der Waals surface area contributed by atoms with Gasteiger partial charge in [-0.1, -0.05) is 17.7 Å². The third kappa shape index (κ3) is 4.51. The van der Waals surface area contributed by atoms with E-state index in [-0.39, 0.29) is 84.1 Å². The van der Waals surface area contributed by atoms with Gasteiger partial charge >= 0.3 is 6.01 Å². The topological polar surface area (TPSA) is 105 Å². The van der Waals surface area contributed by atoms with Crippen LogP contribution >= 0.6 is 22.9 Å². The first-order valence-electron chi connectivity index (χ1n) is 15.9. The lowest BCUT2D eigenvalue weighted by molar-refractivity contribution is 0.106. The van der Waals surface area contributed by atoms with E-state index in [1.165, 1.54) is 12.1 Å². The van der Waals surface area contributed by atoms with Crippen LogP contribution in [0.5, 0.6) is 11.8 Å². The van der Waals surface area contributed by atoms with Gasteiger partial charge in [0, 0.05) is 48.8 Å². The van der Waals surface area contributed by atoms with Crippen molar-refractivity contribution < 1.29 is 22.6 Å². The third-order valence-electron chi connectivity index (χ3n) is 10.9. The summed E-state index contributed by atoms with van der Waals surface area (Å²) in [5, 5.41) is 10.4. The predicted octanol–water partition coefficient (Wildman–Crippen LogP) is 7.14. The summed E-state index contributed by atoms with van der Waals surface area (Å²) in [6.45, 7) is 9.30. The lowest BCUT2D eigenvalue weighted by atomic mass is 9.65. The van der Waals surface area contributed by atoms with Gasteiger partial charge in [-0.25, -0.2) is 19.7 Å². The summed E-state index contributed by atoms with van der Waals surface area (Å²) in [5.74, 6) is -0.654. The Labute approximate surface area is 283 Å². The van der Waals surface area contributed by atoms with Gasteiger partial charge in [0.15, 0.2) is 11.6 Å². The lowest BCUT2D eigenvalue weighted by Gasteiger charge is -2.53. The summed E-state index contributed by atoms with van der Waals surface area (Å²) < 4.78 is 59.5. The number of benzene rings is 2. The molecular weight excluding hydrogens is 663 g/mol. The molecule has 2 saturated heterocycles. The molecule has 5 heterocycles. The minimum atomic E-state index is -0.952. The Bertz CT molecular complexity index is 2090. The third-order valence-corrected chi connectivity index (χ3v) is 12.3. The number of nitrogens with two attached hydrogens (primary N) is 1. The van der Waals surface area contributed by atoms with Gasteiger partial charge in [0.2, 0.25) is 6.54 Å². The van der Waals surface area contributed by atoms with Crippen LogP contribution in [-0.2, 0) is 0 Å². The fourth-order valence-corrected chi connectivity index (χ4v) is 9.84. The number of halogens is 4. The Hall–Kier alpha value is -4.04. The first kappa shape index (κ1) is 31.2. The second-order valence-corrected chi connectivity index (χ2v) is 14.9. The lowest BCUT2D eigenvalue weighted by Crippen LogP contribution is -2.58. The summed E-state index contributed by atoms with van der Waals surface area (Å²) in [6.07, 6.45) is 3.16. The molecule has 14 heteroatoms. The molecule has 0 radical (unpaired) electrons. The summed E-state index contributed by atoms with van der Waals surface area (Å²) in [6, 6.07) is 4.54. The van der Waals surface area contributed by atoms with Crippen molar-refractivity contribution in [3.8, 4) is 29.0 Å². The standard InChI is InChI=1S/C34H31ClF3N7O2S/c1-41-14-17-10-33(11-17)7-9-46-28-24-27(26(38)23(25(28)35)19-4-5-21(37)29-22(19)20(13-39)30(40)48-29)42-32(43-31(24)44(33)2)47-16-34-6-3-8-45(34)15-18(36)12-34/h4-5,17-18H,3,6-12,14-16,40H2,2H3/t17?,18-,33?,34+/m1/s1. The number of thiophene rings is 1. The molecule has 2 aromatic carbocycles. The van der Waals surface area contributed by atoms with Crippen molar-refractivity contribution >= 4 is 54.7 Å². The van der Waals surface area contributed by atoms with Crippen LogP contribution < -0.4 is 20.1 Å². The Morgan fingerprint density at radius 1 is 1.25 bits per heavy atom. The zero-order valence-corrected chi connectivity index (χ0v) is 27.7. The van der Waals surface area contributed by atoms with Gasteiger partial charge in [0.25, 0.3) is 0 Å². The maximum atomic E-state index is 17.2. The van der Waals surface area contributed by atoms with Crippen LogP contribution in [0.2, 0.25) is 5.02 Å². The van der Waals surface area contributed by atoms with E-state index >= 15 is 4.39 Å². The fraction of sp³-hybridized carbons (Fsp3) is 0.471. The zero-order chi connectivity index (χ0) is 33.5. The van der Waals surface area contributed by atoms with E-state index in [4.69, 9.17) is 38.4 Å². The van der Waals surface area contributed by atoms with Crippen LogP contribution in [0.3, 0.4) is 0 Å². The second kappa shape index (κ2) is 11.3. The Morgan fingerprint density at radius 3 is 2.83 bits per heavy atom. The van der Waals surface area contributed by atoms with Crippen LogP contribution in [0.4, 0.5) is 24.0 Å². The minimum Gasteiger partial charge on any atom is -0.491 e. The molecule has 0 bridgehead atoms. The first-order chi connectivity index (χ1) is 23.1. The molecule has 4 aromatic rings. The monoisotopic (exact) mass is 693 g/mol. The zero-order valence-electron chi connectivity index (χ0n) is 26.1. The Balaban J connectivity index is 1.33. The van der Waals surface area contributed by atoms with Crippen LogP contribution in [-0.4, -0.2) is 72.0 Å². The Morgan fingerprint density at radius 2 is 2.06 bits per heavy atom. The highest BCUT2D eigenvalue weighted by Gasteiger charge is 2.51. The van der Waals surface area contributed by atoms with Gasteiger partial charge in [-0.3, -0.25) is 4.90 Å². The smallest absolute Gasteiger partial charge is 0.319 e. The molecule has 248 valence electrons. The van der Waals surface area contributed by atoms with Crippen molar-refractivity contribution in [3.05, 3.63) is 45.8 Å². The normalized spacial score (nSPS) is 26.5. The van der Waals surface area contributed by atoms with Crippen LogP contribution in [0.25, 0.3) is 37.0 Å². The molecule has 2 atom stereocenters. The van der Waals surface area contributed by atoms with Gasteiger partial charge in [-0.05, 0) is 43.9 Å². The Kier molecular flexibility index (Phi) is 7.33. The molecule has 0 unspecified atom stereocenters. The molecule has 1 aliphatic carbocycles. The summed E-state index contributed by atoms with van der Waals surface area (Å²) in [5.41, 5.74) is 5.21. The quantitative estimate of drug-likeness (QED) is 0.220. The number of alkyl halides is 1. The molecular formula is C34H31ClF3N7O2S. The van der Waals surface area contributed by atoms with Crippen LogP contribution in [0, 0.1) is 35.5 Å². The first-order valence-corrected chi connectivity index (χ1v) is 17.1. The van der Waals surface area contributed by atoms with Crippen molar-refractivity contribution in [2.75, 3.05) is 50.5 Å². The summed E-state index contributed by atoms with van der Waals surface area (Å²) in [7, 11) is 1.90. The molecule has 8 rings (SSSR count). The van der Waals surface area contributed by atoms with Crippen LogP contribution in [0.15, 0.2) is 12.1 Å². The number of ether oxygens (including phenoxy) is 2. The fourth-order valence-electron chi connectivity index (χ4n) is 8.56. The highest BCUT2D eigenvalue weighted by atomic mass is 35.5. The number of nitriles is 1. The van der Waals surface area contributed by atoms with Crippen molar-refractivity contribution in [2.24, 2.45) is 5.92 Å². The number of hydrogen-bond acceptors (Lipinski definition) is 9. The maximum Gasteiger partial charge on any atom is 0.319 e. The molecule has 9 nitrogen and oxygen atoms in total. The van der Waals surface area contributed by atoms with E-state index in [9.17, 15) is 14.0 Å². The van der Waals surface area contributed by atoms with Gasteiger partial charge in [0.1, 0.15) is 41.0 Å². The van der Waals surface area contributed by atoms with E-state index in [2.05, 4.69) is 14.7 Å². The van der Waals surface area contributed by atoms with E-state index in [0.29, 0.717) is 31.7 Å². The number of fused-ring (bicyclic) bond motifs is 2. The highest BCUT2D eigenvalue weighted by molar-refractivity contribution is 7.23. The summed E-state index contributed by atoms with van der Waals surface area (Å²) >= 11 is 7.95. The molecule has 3 fully saturated rings. The number of anilines is 2. The molecule has 1 spiro atoms. The SMILES string of the molecule is [C-]#[N+]CC1CC2(CCOc3c(Cl)c(-c4ccc(F)c5sc(N)c(C#N)c45)c(F)c4nc(OC[C@@]56CCCN5C[C@H](F)C6)nc(c34)N2C)C1. The van der Waals surface area contributed by atoms with E-state index < -0.39 is 23.3 Å². The van der Waals surface area contributed by atoms with Gasteiger partial charge in [-0.2, -0.15) is 15.2 Å². The number of nitrogen functional groups attached to an aromatic ring is 1. The average Bonchev–Trinajstić information content (AvgIpc) is 3.69. The maximum absolute atomic E-state index is 17.2. The summed E-state index contributed by atoms with van der Waals surface area (Å²) in [4.78, 5) is 17.2. The van der Waals surface area contributed by atoms with Crippen molar-refractivity contribution in [1.29, 1.82) is 5.26 Å². The molecule has 1 saturated carbocycles. The van der Waals surface area contributed by atoms with Gasteiger partial charge in [-0.15, -0.1) is 11.3 Å². The van der Waals surface area contributed by atoms with Gasteiger partial charge in [0.05, 0.1) is 32.8 Å². The number of hydrogen-bond donors (Lipinski definition) is 1. The predicted molar refractivity (Wildman–Crippen MR) is 178 cm³/mol. The van der Waals surface area contributed by atoms with Crippen molar-refractivity contribution in [2.45, 2.75) is 55.8 Å². The van der Waals surface area contributed by atoms with E-state index in [1.54, 1.807) is 0 Å². The molecule has 2 N–H and O–H groups in total. The minimum absolute atomic E-state index is 0.0276. The highest BCUT2D eigenvalue weighted by Crippen LogP contribution is 2.54. The molecule has 4 aliphatic rings. The largest absolute Gasteiger partial charge is 0.491 e. The molecule has 48 heavy (non-hydrogen) atoms. The van der Waals surface area contributed by atoms with Crippen molar-refractivity contribution in [3.63, 3.8) is 0 Å². The van der Waals surface area contributed by atoms with Gasteiger partial charge < -0.3 is 25.0 Å². The number of rotatable bonds is 5. The molecule has 3 aliphatic heterocycles. The van der Waals surface area contributed by atoms with Crippen molar-refractivity contribution in [1.82, 2.24) is 14.9 Å². The molecule has 0 amide bonds. The van der Waals surface area contributed by atoms with E-state index in [0.717, 1.165) is 43.6 Å².